The van der Waals surface area contributed by atoms with Crippen LogP contribution in [0.15, 0.2) is 24.3 Å². The van der Waals surface area contributed by atoms with E-state index in [9.17, 15) is 8.42 Å². The summed E-state index contributed by atoms with van der Waals surface area (Å²) >= 11 is 0. The van der Waals surface area contributed by atoms with Crippen molar-refractivity contribution in [3.63, 3.8) is 0 Å². The largest absolute Gasteiger partial charge is 0.361 e. The minimum atomic E-state index is -4.31. The van der Waals surface area contributed by atoms with Crippen molar-refractivity contribution in [2.45, 2.75) is 0 Å². The highest BCUT2D eigenvalue weighted by atomic mass is 32.2. The molecule has 0 amide bonds. The maximum absolute atomic E-state index is 10.5. The molecule has 1 aromatic rings. The first kappa shape index (κ1) is 10.4. The Hall–Kier alpha value is -1.69. The van der Waals surface area contributed by atoms with Crippen LogP contribution >= 0.6 is 0 Å². The fourth-order valence-electron chi connectivity index (χ4n) is 0.904. The zero-order chi connectivity index (χ0) is 10.6. The Bertz CT molecular complexity index is 477. The monoisotopic (exact) mass is 213 g/mol. The molecule has 0 radical (unpaired) electrons. The van der Waals surface area contributed by atoms with Crippen molar-refractivity contribution in [2.75, 3.05) is 4.72 Å². The van der Waals surface area contributed by atoms with Gasteiger partial charge in [-0.1, -0.05) is 12.1 Å². The normalized spacial score (nSPS) is 10.4. The number of nitrogens with one attached hydrogen (secondary N) is 1. The molecule has 0 aliphatic heterocycles. The highest BCUT2D eigenvalue weighted by Gasteiger charge is 2.08. The third kappa shape index (κ3) is 2.98. The van der Waals surface area contributed by atoms with E-state index in [1.165, 1.54) is 12.1 Å². The van der Waals surface area contributed by atoms with Gasteiger partial charge >= 0.3 is 10.3 Å². The van der Waals surface area contributed by atoms with E-state index in [-0.39, 0.29) is 5.69 Å². The Morgan fingerprint density at radius 2 is 2.07 bits per heavy atom. The van der Waals surface area contributed by atoms with Gasteiger partial charge in [0.1, 0.15) is 0 Å². The van der Waals surface area contributed by atoms with Crippen LogP contribution in [-0.4, -0.2) is 24.0 Å². The summed E-state index contributed by atoms with van der Waals surface area (Å²) in [6, 6.07) is 6.15. The molecule has 0 saturated carbocycles. The van der Waals surface area contributed by atoms with Crippen LogP contribution in [0.2, 0.25) is 0 Å². The molecule has 7 heteroatoms. The van der Waals surface area contributed by atoms with E-state index in [0.29, 0.717) is 5.56 Å². The lowest BCUT2D eigenvalue weighted by Crippen LogP contribution is -2.11. The molecule has 0 heterocycles. The predicted molar refractivity (Wildman–Crippen MR) is 50.4 cm³/mol. The second-order valence-corrected chi connectivity index (χ2v) is 3.56. The van der Waals surface area contributed by atoms with Gasteiger partial charge in [-0.15, -0.1) is 0 Å². The summed E-state index contributed by atoms with van der Waals surface area (Å²) in [6.07, 6.45) is 1.05. The zero-order valence-electron chi connectivity index (χ0n) is 6.95. The Morgan fingerprint density at radius 1 is 1.43 bits per heavy atom. The number of benzene rings is 1. The highest BCUT2D eigenvalue weighted by molar-refractivity contribution is 7.87. The molecule has 1 aromatic carbocycles. The molecular formula is C7H7N3O3S. The smallest absolute Gasteiger partial charge is 0.357 e. The van der Waals surface area contributed by atoms with Crippen molar-refractivity contribution in [3.05, 3.63) is 35.4 Å². The number of nitrogens with zero attached hydrogens (tertiary/aromatic N) is 2. The molecule has 0 saturated heterocycles. The standard InChI is InChI=1S/C7H7N3O3S/c8-9-5-6-3-1-2-4-7(6)10-14(11,12)13/h1-5,10H,(H,11,12,13). The quantitative estimate of drug-likeness (QED) is 0.331. The fraction of sp³-hybridized carbons (Fsp3) is 0. The van der Waals surface area contributed by atoms with Crippen molar-refractivity contribution in [2.24, 2.45) is 0 Å². The van der Waals surface area contributed by atoms with E-state index >= 15 is 0 Å². The van der Waals surface area contributed by atoms with Crippen LogP contribution in [0, 0.1) is 0 Å². The van der Waals surface area contributed by atoms with Crippen LogP contribution in [0.25, 0.3) is 5.53 Å². The Labute approximate surface area is 80.7 Å². The number of hydrogen-bond donors (Lipinski definition) is 2. The first-order valence-electron chi connectivity index (χ1n) is 3.54. The van der Waals surface area contributed by atoms with Gasteiger partial charge in [0.25, 0.3) is 6.21 Å². The molecule has 0 aromatic heterocycles. The first-order valence-corrected chi connectivity index (χ1v) is 4.98. The number of anilines is 1. The Kier molecular flexibility index (Phi) is 2.98. The van der Waals surface area contributed by atoms with Crippen molar-refractivity contribution in [3.8, 4) is 0 Å². The lowest BCUT2D eigenvalue weighted by atomic mass is 10.2. The molecule has 1 rings (SSSR count). The van der Waals surface area contributed by atoms with E-state index in [1.807, 2.05) is 4.72 Å². The van der Waals surface area contributed by atoms with Gasteiger partial charge in [0, 0.05) is 0 Å². The summed E-state index contributed by atoms with van der Waals surface area (Å²) in [5.74, 6) is 0. The van der Waals surface area contributed by atoms with Crippen LogP contribution < -0.4 is 4.72 Å². The highest BCUT2D eigenvalue weighted by Crippen LogP contribution is 2.13. The number of hydrogen-bond acceptors (Lipinski definition) is 2. The summed E-state index contributed by atoms with van der Waals surface area (Å²) in [5, 5.41) is 0. The summed E-state index contributed by atoms with van der Waals surface area (Å²) in [5.41, 5.74) is 8.74. The molecule has 0 unspecified atom stereocenters. The topological polar surface area (TPSA) is 103 Å². The van der Waals surface area contributed by atoms with Gasteiger partial charge in [-0.25, -0.2) is 0 Å². The number of rotatable bonds is 3. The summed E-state index contributed by atoms with van der Waals surface area (Å²) in [4.78, 5) is 2.76. The van der Waals surface area contributed by atoms with E-state index in [4.69, 9.17) is 10.1 Å². The van der Waals surface area contributed by atoms with Crippen LogP contribution in [0.5, 0.6) is 0 Å². The first-order chi connectivity index (χ1) is 6.53. The molecule has 0 atom stereocenters. The molecule has 74 valence electrons. The second kappa shape index (κ2) is 4.01. The SMILES string of the molecule is [N-]=[N+]=Cc1ccccc1NS(=O)(=O)O. The summed E-state index contributed by atoms with van der Waals surface area (Å²) in [7, 11) is -4.31. The van der Waals surface area contributed by atoms with Gasteiger partial charge in [0.2, 0.25) is 0 Å². The van der Waals surface area contributed by atoms with Crippen LogP contribution in [-0.2, 0) is 10.3 Å². The molecule has 6 nitrogen and oxygen atoms in total. The molecule has 2 N–H and O–H groups in total. The van der Waals surface area contributed by atoms with E-state index < -0.39 is 10.3 Å². The lowest BCUT2D eigenvalue weighted by molar-refractivity contribution is 0.00462. The summed E-state index contributed by atoms with van der Waals surface area (Å²) in [6.45, 7) is 0. The third-order valence-corrected chi connectivity index (χ3v) is 1.87. The zero-order valence-corrected chi connectivity index (χ0v) is 7.77. The van der Waals surface area contributed by atoms with E-state index in [2.05, 4.69) is 4.79 Å². The van der Waals surface area contributed by atoms with E-state index in [0.717, 1.165) is 6.21 Å². The average molecular weight is 213 g/mol. The summed E-state index contributed by atoms with van der Waals surface area (Å²) < 4.78 is 31.4. The van der Waals surface area contributed by atoms with Crippen molar-refractivity contribution in [1.29, 1.82) is 0 Å². The van der Waals surface area contributed by atoms with Gasteiger partial charge < -0.3 is 5.53 Å². The van der Waals surface area contributed by atoms with Crippen LogP contribution in [0.1, 0.15) is 5.56 Å². The number of para-hydroxylation sites is 1. The molecule has 0 spiro atoms. The van der Waals surface area contributed by atoms with Crippen molar-refractivity contribution >= 4 is 22.2 Å². The maximum atomic E-state index is 10.5. The molecule has 0 aliphatic carbocycles. The molecule has 0 fully saturated rings. The Morgan fingerprint density at radius 3 is 2.64 bits per heavy atom. The second-order valence-electron chi connectivity index (χ2n) is 2.41. The lowest BCUT2D eigenvalue weighted by Gasteiger charge is -2.02. The predicted octanol–water partition coefficient (Wildman–Crippen LogP) is 0.550. The van der Waals surface area contributed by atoms with Gasteiger partial charge in [-0.05, 0) is 12.1 Å². The van der Waals surface area contributed by atoms with Gasteiger partial charge in [-0.2, -0.15) is 13.2 Å². The minimum Gasteiger partial charge on any atom is -0.361 e. The van der Waals surface area contributed by atoms with Crippen LogP contribution in [0.4, 0.5) is 5.69 Å². The van der Waals surface area contributed by atoms with Crippen molar-refractivity contribution in [1.82, 2.24) is 0 Å². The molecule has 0 aliphatic rings. The Balaban J connectivity index is 3.14. The van der Waals surface area contributed by atoms with E-state index in [1.54, 1.807) is 12.1 Å². The van der Waals surface area contributed by atoms with Crippen molar-refractivity contribution < 1.29 is 17.8 Å². The third-order valence-electron chi connectivity index (χ3n) is 1.40. The minimum absolute atomic E-state index is 0.132. The van der Waals surface area contributed by atoms with Gasteiger partial charge in [0.15, 0.2) is 0 Å². The fourth-order valence-corrected chi connectivity index (χ4v) is 1.37. The molecule has 14 heavy (non-hydrogen) atoms. The average Bonchev–Trinajstić information content (AvgIpc) is 2.06. The van der Waals surface area contributed by atoms with Gasteiger partial charge in [0.05, 0.1) is 11.3 Å². The maximum Gasteiger partial charge on any atom is 0.357 e. The van der Waals surface area contributed by atoms with Crippen LogP contribution in [0.3, 0.4) is 0 Å². The molecule has 0 bridgehead atoms. The van der Waals surface area contributed by atoms with Gasteiger partial charge in [-0.3, -0.25) is 9.27 Å². The molecular weight excluding hydrogens is 206 g/mol.